The van der Waals surface area contributed by atoms with Crippen LogP contribution >= 0.6 is 23.4 Å². The molecule has 3 aromatic rings. The Morgan fingerprint density at radius 1 is 0.972 bits per heavy atom. The van der Waals surface area contributed by atoms with Gasteiger partial charge in [0.2, 0.25) is 11.4 Å². The maximum Gasteiger partial charge on any atom is 0.345 e. The first kappa shape index (κ1) is 24.2. The van der Waals surface area contributed by atoms with Crippen LogP contribution in [0, 0.1) is 0 Å². The highest BCUT2D eigenvalue weighted by atomic mass is 35.5. The molecule has 2 amide bonds. The van der Waals surface area contributed by atoms with Crippen molar-refractivity contribution in [3.8, 4) is 0 Å². The van der Waals surface area contributed by atoms with Crippen LogP contribution in [-0.2, 0) is 25.5 Å². The van der Waals surface area contributed by atoms with Crippen LogP contribution in [0.15, 0.2) is 102 Å². The van der Waals surface area contributed by atoms with E-state index >= 15 is 0 Å². The molecule has 182 valence electrons. The van der Waals surface area contributed by atoms with E-state index in [1.807, 2.05) is 91.0 Å². The lowest BCUT2D eigenvalue weighted by atomic mass is 9.87. The highest BCUT2D eigenvalue weighted by Gasteiger charge is 2.69. The van der Waals surface area contributed by atoms with Crippen LogP contribution in [0.3, 0.4) is 0 Å². The number of halogens is 1. The van der Waals surface area contributed by atoms with Gasteiger partial charge in [-0.2, -0.15) is 0 Å². The molecule has 8 heteroatoms. The van der Waals surface area contributed by atoms with Crippen molar-refractivity contribution in [2.75, 3.05) is 5.75 Å². The van der Waals surface area contributed by atoms with Gasteiger partial charge in [-0.1, -0.05) is 103 Å². The van der Waals surface area contributed by atoms with E-state index in [1.54, 1.807) is 0 Å². The molecule has 0 bridgehead atoms. The van der Waals surface area contributed by atoms with Crippen LogP contribution in [0.1, 0.15) is 22.8 Å². The summed E-state index contributed by atoms with van der Waals surface area (Å²) in [6, 6.07) is 27.8. The number of nitrogens with one attached hydrogen (secondary N) is 1. The van der Waals surface area contributed by atoms with Crippen LogP contribution in [0.4, 0.5) is 0 Å². The van der Waals surface area contributed by atoms with Crippen LogP contribution in [0.25, 0.3) is 0 Å². The molecule has 0 spiro atoms. The Balaban J connectivity index is 1.47. The molecule has 0 radical (unpaired) electrons. The molecule has 3 aromatic carbocycles. The molecule has 0 aliphatic carbocycles. The number of carbonyl (C=O) groups excluding carboxylic acids is 3. The minimum atomic E-state index is -1.85. The third-order valence-corrected chi connectivity index (χ3v) is 7.91. The number of hydrogen-bond acceptors (Lipinski definition) is 5. The van der Waals surface area contributed by atoms with E-state index in [2.05, 4.69) is 5.32 Å². The molecular weight excluding hydrogens is 496 g/mol. The molecule has 0 saturated carbocycles. The minimum absolute atomic E-state index is 0.0257. The third kappa shape index (κ3) is 4.52. The summed E-state index contributed by atoms with van der Waals surface area (Å²) in [5.74, 6) is -1.39. The van der Waals surface area contributed by atoms with Gasteiger partial charge in [0.25, 0.3) is 5.91 Å². The van der Waals surface area contributed by atoms with E-state index in [-0.39, 0.29) is 6.42 Å². The second-order valence-electron chi connectivity index (χ2n) is 8.58. The van der Waals surface area contributed by atoms with Gasteiger partial charge in [0.1, 0.15) is 5.37 Å². The van der Waals surface area contributed by atoms with Gasteiger partial charge in [-0.25, -0.2) is 4.79 Å². The molecule has 1 saturated heterocycles. The fourth-order valence-corrected chi connectivity index (χ4v) is 5.93. The van der Waals surface area contributed by atoms with Crippen molar-refractivity contribution in [2.24, 2.45) is 0 Å². The van der Waals surface area contributed by atoms with Crippen molar-refractivity contribution >= 4 is 41.1 Å². The van der Waals surface area contributed by atoms with Gasteiger partial charge in [-0.15, -0.1) is 11.8 Å². The Labute approximate surface area is 218 Å². The Morgan fingerprint density at radius 2 is 1.53 bits per heavy atom. The lowest BCUT2D eigenvalue weighted by Crippen LogP contribution is -2.82. The van der Waals surface area contributed by atoms with Gasteiger partial charge in [0.05, 0.1) is 6.42 Å². The van der Waals surface area contributed by atoms with Crippen LogP contribution in [0.2, 0.25) is 0 Å². The summed E-state index contributed by atoms with van der Waals surface area (Å²) in [7, 11) is 0. The molecule has 36 heavy (non-hydrogen) atoms. The molecule has 2 atom stereocenters. The summed E-state index contributed by atoms with van der Waals surface area (Å²) in [5, 5.41) is 2.59. The predicted octanol–water partition coefficient (Wildman–Crippen LogP) is 4.41. The maximum absolute atomic E-state index is 13.9. The molecule has 5 rings (SSSR count). The zero-order valence-corrected chi connectivity index (χ0v) is 20.7. The number of β-lactam (4-membered cyclic amide) rings is 1. The highest BCUT2D eigenvalue weighted by Crippen LogP contribution is 2.45. The molecule has 1 fully saturated rings. The Hall–Kier alpha value is -3.55. The average Bonchev–Trinajstić information content (AvgIpc) is 2.91. The summed E-state index contributed by atoms with van der Waals surface area (Å²) < 4.78 is 6.06. The van der Waals surface area contributed by atoms with E-state index < -0.39 is 34.8 Å². The van der Waals surface area contributed by atoms with Crippen molar-refractivity contribution in [3.05, 3.63) is 119 Å². The topological polar surface area (TPSA) is 75.7 Å². The third-order valence-electron chi connectivity index (χ3n) is 6.15. The number of rotatable bonds is 7. The van der Waals surface area contributed by atoms with Crippen molar-refractivity contribution in [1.29, 1.82) is 0 Å². The first-order valence-corrected chi connectivity index (χ1v) is 12.9. The molecule has 2 aliphatic heterocycles. The smallest absolute Gasteiger partial charge is 0.345 e. The minimum Gasteiger partial charge on any atom is -0.450 e. The van der Waals surface area contributed by atoms with Crippen molar-refractivity contribution in [1.82, 2.24) is 10.2 Å². The lowest BCUT2D eigenvalue weighted by Gasteiger charge is -2.53. The SMILES string of the molecule is O=C(Cc1ccccc1)N[C@]1(C(=O)OC(c2ccccc2)c2ccccc2)C(=O)N2C=C(Cl)CS[C@H]21. The Bertz CT molecular complexity index is 1260. The zero-order chi connectivity index (χ0) is 25.1. The molecule has 2 aliphatic rings. The van der Waals surface area contributed by atoms with Crippen LogP contribution in [0.5, 0.6) is 0 Å². The molecule has 0 aromatic heterocycles. The number of nitrogens with zero attached hydrogens (tertiary/aromatic N) is 1. The normalized spacial score (nSPS) is 20.7. The molecule has 1 N–H and O–H groups in total. The number of thioether (sulfide) groups is 1. The lowest BCUT2D eigenvalue weighted by molar-refractivity contribution is -0.176. The first-order chi connectivity index (χ1) is 17.5. The maximum atomic E-state index is 13.9. The van der Waals surface area contributed by atoms with E-state index in [1.165, 1.54) is 22.9 Å². The number of benzene rings is 3. The number of amides is 2. The van der Waals surface area contributed by atoms with Gasteiger partial charge in [0.15, 0.2) is 6.10 Å². The quantitative estimate of drug-likeness (QED) is 0.285. The summed E-state index contributed by atoms with van der Waals surface area (Å²) in [5.41, 5.74) is 0.427. The van der Waals surface area contributed by atoms with E-state index in [0.29, 0.717) is 10.8 Å². The van der Waals surface area contributed by atoms with E-state index in [0.717, 1.165) is 16.7 Å². The number of fused-ring (bicyclic) bond motifs is 1. The largest absolute Gasteiger partial charge is 0.450 e. The predicted molar refractivity (Wildman–Crippen MR) is 139 cm³/mol. The Morgan fingerprint density at radius 3 is 2.11 bits per heavy atom. The van der Waals surface area contributed by atoms with Gasteiger partial charge in [-0.3, -0.25) is 14.5 Å². The fourth-order valence-electron chi connectivity index (χ4n) is 4.42. The van der Waals surface area contributed by atoms with Crippen LogP contribution < -0.4 is 5.32 Å². The number of hydrogen-bond donors (Lipinski definition) is 1. The second kappa shape index (κ2) is 10.2. The van der Waals surface area contributed by atoms with Gasteiger partial charge in [-0.05, 0) is 16.7 Å². The molecule has 6 nitrogen and oxygen atoms in total. The average molecular weight is 519 g/mol. The van der Waals surface area contributed by atoms with Crippen molar-refractivity contribution in [3.63, 3.8) is 0 Å². The standard InChI is InChI=1S/C28H23ClN2O4S/c29-22-17-31-25(33)28(26(31)36-18-22,30-23(32)16-19-10-4-1-5-11-19)27(34)35-24(20-12-6-2-7-13-20)21-14-8-3-9-15-21/h1-15,17,24,26H,16,18H2,(H,30,32)/t26-,28+/m0/s1. The summed E-state index contributed by atoms with van der Waals surface area (Å²) in [4.78, 5) is 41.8. The van der Waals surface area contributed by atoms with Gasteiger partial charge < -0.3 is 10.1 Å². The monoisotopic (exact) mass is 518 g/mol. The molecule has 0 unspecified atom stereocenters. The molecular formula is C28H23ClN2O4S. The summed E-state index contributed by atoms with van der Waals surface area (Å²) in [6.07, 6.45) is 0.793. The summed E-state index contributed by atoms with van der Waals surface area (Å²) in [6.45, 7) is 0. The number of ether oxygens (including phenoxy) is 1. The van der Waals surface area contributed by atoms with Crippen LogP contribution in [-0.4, -0.2) is 39.3 Å². The number of esters is 1. The van der Waals surface area contributed by atoms with E-state index in [4.69, 9.17) is 16.3 Å². The summed E-state index contributed by atoms with van der Waals surface area (Å²) >= 11 is 7.47. The van der Waals surface area contributed by atoms with Gasteiger partial charge in [0, 0.05) is 17.0 Å². The van der Waals surface area contributed by atoms with Crippen molar-refractivity contribution in [2.45, 2.75) is 23.4 Å². The Kier molecular flexibility index (Phi) is 6.85. The fraction of sp³-hybridized carbons (Fsp3) is 0.179. The van der Waals surface area contributed by atoms with Gasteiger partial charge >= 0.3 is 5.97 Å². The number of carbonyl (C=O) groups is 3. The van der Waals surface area contributed by atoms with E-state index in [9.17, 15) is 14.4 Å². The zero-order valence-electron chi connectivity index (χ0n) is 19.2. The second-order valence-corrected chi connectivity index (χ2v) is 10.1. The first-order valence-electron chi connectivity index (χ1n) is 11.5. The highest BCUT2D eigenvalue weighted by molar-refractivity contribution is 8.00. The van der Waals surface area contributed by atoms with Crippen molar-refractivity contribution < 1.29 is 19.1 Å². The molecule has 2 heterocycles.